The van der Waals surface area contributed by atoms with Gasteiger partial charge in [0.05, 0.1) is 6.04 Å². The Bertz CT molecular complexity index is 245. The molecule has 0 aliphatic heterocycles. The van der Waals surface area contributed by atoms with Crippen molar-refractivity contribution in [3.63, 3.8) is 0 Å². The average molecular weight is 186 g/mol. The van der Waals surface area contributed by atoms with Gasteiger partial charge in [-0.05, 0) is 5.92 Å². The molecule has 1 atom stereocenters. The van der Waals surface area contributed by atoms with Gasteiger partial charge in [0.15, 0.2) is 0 Å². The molecule has 1 rings (SSSR count). The second kappa shape index (κ2) is 3.82. The van der Waals surface area contributed by atoms with Crippen LogP contribution in [0.5, 0.6) is 0 Å². The van der Waals surface area contributed by atoms with E-state index in [9.17, 15) is 0 Å². The molecule has 12 heavy (non-hydrogen) atoms. The van der Waals surface area contributed by atoms with E-state index in [0.29, 0.717) is 5.92 Å². The molecular formula is C7H14N4S. The first-order valence-corrected chi connectivity index (χ1v) is 4.73. The van der Waals surface area contributed by atoms with Gasteiger partial charge in [-0.3, -0.25) is 0 Å². The van der Waals surface area contributed by atoms with Crippen molar-refractivity contribution < 1.29 is 0 Å². The van der Waals surface area contributed by atoms with Crippen LogP contribution in [0.3, 0.4) is 0 Å². The highest BCUT2D eigenvalue weighted by Crippen LogP contribution is 2.24. The quantitative estimate of drug-likeness (QED) is 0.745. The number of aromatic nitrogens is 2. The number of rotatable bonds is 3. The van der Waals surface area contributed by atoms with Gasteiger partial charge in [-0.1, -0.05) is 25.2 Å². The standard InChI is InChI=1S/C7H14N4S/c1-4(2)5(8)6-10-11-7(9-3)12-6/h4-5H,8H2,1-3H3,(H,9,11)/t5-/m1/s1. The van der Waals surface area contributed by atoms with Gasteiger partial charge in [-0.25, -0.2) is 0 Å². The van der Waals surface area contributed by atoms with Gasteiger partial charge in [0.1, 0.15) is 5.01 Å². The lowest BCUT2D eigenvalue weighted by Crippen LogP contribution is -2.16. The number of nitrogens with two attached hydrogens (primary N) is 1. The average Bonchev–Trinajstić information content (AvgIpc) is 2.50. The van der Waals surface area contributed by atoms with E-state index in [1.165, 1.54) is 11.3 Å². The van der Waals surface area contributed by atoms with Crippen LogP contribution in [0.1, 0.15) is 24.9 Å². The van der Waals surface area contributed by atoms with Crippen LogP contribution >= 0.6 is 11.3 Å². The van der Waals surface area contributed by atoms with E-state index < -0.39 is 0 Å². The molecule has 0 saturated carbocycles. The molecule has 0 saturated heterocycles. The zero-order chi connectivity index (χ0) is 9.14. The summed E-state index contributed by atoms with van der Waals surface area (Å²) in [5.41, 5.74) is 5.89. The second-order valence-corrected chi connectivity index (χ2v) is 3.97. The van der Waals surface area contributed by atoms with Gasteiger partial charge >= 0.3 is 0 Å². The normalized spacial score (nSPS) is 13.4. The Hall–Kier alpha value is -0.680. The van der Waals surface area contributed by atoms with Crippen LogP contribution < -0.4 is 11.1 Å². The largest absolute Gasteiger partial charge is 0.363 e. The van der Waals surface area contributed by atoms with Crippen LogP contribution in [0, 0.1) is 5.92 Å². The van der Waals surface area contributed by atoms with Gasteiger partial charge in [0.2, 0.25) is 5.13 Å². The lowest BCUT2D eigenvalue weighted by atomic mass is 10.1. The minimum absolute atomic E-state index is 0.00426. The Morgan fingerprint density at radius 2 is 2.08 bits per heavy atom. The van der Waals surface area contributed by atoms with E-state index in [4.69, 9.17) is 5.73 Å². The maximum atomic E-state index is 5.89. The molecule has 1 heterocycles. The molecule has 0 radical (unpaired) electrons. The molecule has 4 nitrogen and oxygen atoms in total. The summed E-state index contributed by atoms with van der Waals surface area (Å²) in [4.78, 5) is 0. The topological polar surface area (TPSA) is 63.8 Å². The van der Waals surface area contributed by atoms with Gasteiger partial charge in [-0.2, -0.15) is 0 Å². The third kappa shape index (κ3) is 1.92. The fourth-order valence-electron chi connectivity index (χ4n) is 0.755. The Labute approximate surface area is 76.2 Å². The number of anilines is 1. The van der Waals surface area contributed by atoms with Crippen molar-refractivity contribution in [2.24, 2.45) is 11.7 Å². The highest BCUT2D eigenvalue weighted by molar-refractivity contribution is 7.15. The van der Waals surface area contributed by atoms with Crippen LogP contribution in [-0.2, 0) is 0 Å². The zero-order valence-corrected chi connectivity index (χ0v) is 8.35. The van der Waals surface area contributed by atoms with Crippen LogP contribution in [0.15, 0.2) is 0 Å². The Kier molecular flexibility index (Phi) is 2.99. The molecule has 0 spiro atoms. The first-order valence-electron chi connectivity index (χ1n) is 3.92. The Balaban J connectivity index is 2.74. The van der Waals surface area contributed by atoms with Crippen molar-refractivity contribution >= 4 is 16.5 Å². The number of nitrogens with zero attached hydrogens (tertiary/aromatic N) is 2. The van der Waals surface area contributed by atoms with Gasteiger partial charge in [0.25, 0.3) is 0 Å². The molecule has 0 unspecified atom stereocenters. The lowest BCUT2D eigenvalue weighted by Gasteiger charge is -2.10. The van der Waals surface area contributed by atoms with Crippen LogP contribution in [0.4, 0.5) is 5.13 Å². The zero-order valence-electron chi connectivity index (χ0n) is 7.53. The van der Waals surface area contributed by atoms with Crippen LogP contribution in [-0.4, -0.2) is 17.2 Å². The molecular weight excluding hydrogens is 172 g/mol. The Morgan fingerprint density at radius 3 is 2.50 bits per heavy atom. The minimum Gasteiger partial charge on any atom is -0.363 e. The molecule has 5 heteroatoms. The van der Waals surface area contributed by atoms with E-state index in [1.807, 2.05) is 7.05 Å². The number of hydrogen-bond acceptors (Lipinski definition) is 5. The predicted molar refractivity (Wildman–Crippen MR) is 51.2 cm³/mol. The smallest absolute Gasteiger partial charge is 0.205 e. The lowest BCUT2D eigenvalue weighted by molar-refractivity contribution is 0.509. The van der Waals surface area contributed by atoms with Gasteiger partial charge in [0, 0.05) is 7.05 Å². The molecule has 0 bridgehead atoms. The molecule has 68 valence electrons. The summed E-state index contributed by atoms with van der Waals surface area (Å²) in [7, 11) is 1.82. The number of hydrogen-bond donors (Lipinski definition) is 2. The van der Waals surface area contributed by atoms with E-state index in [-0.39, 0.29) is 6.04 Å². The van der Waals surface area contributed by atoms with Crippen molar-refractivity contribution in [3.05, 3.63) is 5.01 Å². The molecule has 0 amide bonds. The van der Waals surface area contributed by atoms with E-state index in [1.54, 1.807) is 0 Å². The summed E-state index contributed by atoms with van der Waals surface area (Å²) in [5, 5.41) is 12.6. The minimum atomic E-state index is 0.00426. The molecule has 0 fully saturated rings. The summed E-state index contributed by atoms with van der Waals surface area (Å²) in [6, 6.07) is 0.00426. The van der Waals surface area contributed by atoms with Crippen molar-refractivity contribution in [1.29, 1.82) is 0 Å². The third-order valence-electron chi connectivity index (χ3n) is 1.66. The summed E-state index contributed by atoms with van der Waals surface area (Å²) < 4.78 is 0. The van der Waals surface area contributed by atoms with Gasteiger partial charge in [-0.15, -0.1) is 10.2 Å². The molecule has 0 aliphatic carbocycles. The van der Waals surface area contributed by atoms with E-state index in [2.05, 4.69) is 29.4 Å². The van der Waals surface area contributed by atoms with Crippen molar-refractivity contribution in [2.45, 2.75) is 19.9 Å². The van der Waals surface area contributed by atoms with Crippen LogP contribution in [0.25, 0.3) is 0 Å². The summed E-state index contributed by atoms with van der Waals surface area (Å²) in [6.45, 7) is 4.15. The first kappa shape index (κ1) is 9.41. The highest BCUT2D eigenvalue weighted by Gasteiger charge is 2.14. The third-order valence-corrected chi connectivity index (χ3v) is 2.70. The summed E-state index contributed by atoms with van der Waals surface area (Å²) in [6.07, 6.45) is 0. The van der Waals surface area contributed by atoms with Crippen molar-refractivity contribution in [3.8, 4) is 0 Å². The second-order valence-electron chi connectivity index (χ2n) is 2.97. The molecule has 0 aliphatic rings. The maximum Gasteiger partial charge on any atom is 0.205 e. The summed E-state index contributed by atoms with van der Waals surface area (Å²) in [5.74, 6) is 0.405. The molecule has 0 aromatic carbocycles. The van der Waals surface area contributed by atoms with Gasteiger partial charge < -0.3 is 11.1 Å². The van der Waals surface area contributed by atoms with E-state index in [0.717, 1.165) is 10.1 Å². The molecule has 1 aromatic heterocycles. The number of nitrogens with one attached hydrogen (secondary N) is 1. The maximum absolute atomic E-state index is 5.89. The summed E-state index contributed by atoms with van der Waals surface area (Å²) >= 11 is 1.51. The monoisotopic (exact) mass is 186 g/mol. The fraction of sp³-hybridized carbons (Fsp3) is 0.714. The van der Waals surface area contributed by atoms with Crippen molar-refractivity contribution in [2.75, 3.05) is 12.4 Å². The molecule has 3 N–H and O–H groups in total. The predicted octanol–water partition coefficient (Wildman–Crippen LogP) is 1.24. The fourth-order valence-corrected chi connectivity index (χ4v) is 1.63. The SMILES string of the molecule is CNc1nnc([C@H](N)C(C)C)s1. The highest BCUT2D eigenvalue weighted by atomic mass is 32.1. The van der Waals surface area contributed by atoms with Crippen molar-refractivity contribution in [1.82, 2.24) is 10.2 Å². The Morgan fingerprint density at radius 1 is 1.42 bits per heavy atom. The van der Waals surface area contributed by atoms with Crippen LogP contribution in [0.2, 0.25) is 0 Å². The first-order chi connectivity index (χ1) is 5.65. The molecule has 1 aromatic rings. The van der Waals surface area contributed by atoms with E-state index >= 15 is 0 Å².